The Balaban J connectivity index is 1.84. The standard InChI is InChI=1S/C21H23N3O4/c1-5-15(16-10-9-12(2)28-16)23-18-17(19(25)20(18)26)22-14-8-6-7-13(11-14)21(27)24(3)4/h6-11,15,22-23H,5H2,1-4H3. The number of aryl methyl sites for hydroxylation is 1. The summed E-state index contributed by atoms with van der Waals surface area (Å²) in [7, 11) is 3.34. The Morgan fingerprint density at radius 3 is 2.43 bits per heavy atom. The number of hydrogen-bond donors (Lipinski definition) is 2. The Morgan fingerprint density at radius 2 is 1.82 bits per heavy atom. The van der Waals surface area contributed by atoms with Crippen molar-refractivity contribution in [3.63, 3.8) is 0 Å². The van der Waals surface area contributed by atoms with Gasteiger partial charge in [-0.3, -0.25) is 14.4 Å². The minimum absolute atomic E-state index is 0.147. The molecule has 2 N–H and O–H groups in total. The molecule has 3 rings (SSSR count). The summed E-state index contributed by atoms with van der Waals surface area (Å²) in [5.41, 5.74) is 0.323. The Labute approximate surface area is 162 Å². The Hall–Kier alpha value is -3.35. The molecule has 1 amide bonds. The van der Waals surface area contributed by atoms with Gasteiger partial charge in [0.15, 0.2) is 0 Å². The van der Waals surface area contributed by atoms with Gasteiger partial charge >= 0.3 is 0 Å². The van der Waals surface area contributed by atoms with E-state index in [2.05, 4.69) is 10.6 Å². The lowest BCUT2D eigenvalue weighted by molar-refractivity contribution is 0.0827. The molecule has 146 valence electrons. The van der Waals surface area contributed by atoms with Crippen LogP contribution >= 0.6 is 0 Å². The number of carbonyl (C=O) groups is 1. The molecule has 0 saturated heterocycles. The summed E-state index contributed by atoms with van der Waals surface area (Å²) in [4.78, 5) is 37.8. The number of nitrogens with one attached hydrogen (secondary N) is 2. The van der Waals surface area contributed by atoms with Gasteiger partial charge in [-0.2, -0.15) is 0 Å². The second-order valence-electron chi connectivity index (χ2n) is 6.87. The summed E-state index contributed by atoms with van der Waals surface area (Å²) < 4.78 is 5.64. The Bertz CT molecular complexity index is 1070. The summed E-state index contributed by atoms with van der Waals surface area (Å²) in [6.07, 6.45) is 0.679. The number of furan rings is 1. The lowest BCUT2D eigenvalue weighted by atomic mass is 10.1. The highest BCUT2D eigenvalue weighted by molar-refractivity contribution is 5.95. The smallest absolute Gasteiger partial charge is 0.253 e. The molecule has 3 aromatic rings. The maximum absolute atomic E-state index is 12.1. The maximum atomic E-state index is 12.1. The van der Waals surface area contributed by atoms with Gasteiger partial charge in [-0.05, 0) is 43.7 Å². The van der Waals surface area contributed by atoms with Crippen LogP contribution in [0.1, 0.15) is 41.3 Å². The van der Waals surface area contributed by atoms with E-state index in [4.69, 9.17) is 4.42 Å². The molecule has 0 radical (unpaired) electrons. The van der Waals surface area contributed by atoms with Crippen molar-refractivity contribution >= 4 is 23.0 Å². The fourth-order valence-corrected chi connectivity index (χ4v) is 2.97. The third-order valence-electron chi connectivity index (χ3n) is 4.53. The van der Waals surface area contributed by atoms with Crippen LogP contribution in [0.5, 0.6) is 0 Å². The van der Waals surface area contributed by atoms with Crippen molar-refractivity contribution in [3.05, 3.63) is 73.9 Å². The van der Waals surface area contributed by atoms with E-state index >= 15 is 0 Å². The maximum Gasteiger partial charge on any atom is 0.253 e. The third kappa shape index (κ3) is 3.69. The molecular weight excluding hydrogens is 358 g/mol. The molecule has 28 heavy (non-hydrogen) atoms. The minimum atomic E-state index is -0.586. The van der Waals surface area contributed by atoms with Crippen molar-refractivity contribution in [2.75, 3.05) is 24.7 Å². The van der Waals surface area contributed by atoms with Gasteiger partial charge in [-0.1, -0.05) is 13.0 Å². The monoisotopic (exact) mass is 381 g/mol. The Kier molecular flexibility index (Phi) is 5.35. The topological polar surface area (TPSA) is 91.6 Å². The van der Waals surface area contributed by atoms with E-state index in [-0.39, 0.29) is 23.3 Å². The van der Waals surface area contributed by atoms with Crippen LogP contribution in [0.3, 0.4) is 0 Å². The van der Waals surface area contributed by atoms with Crippen LogP contribution in [0.2, 0.25) is 0 Å². The number of rotatable bonds is 7. The van der Waals surface area contributed by atoms with Gasteiger partial charge in [-0.25, -0.2) is 0 Å². The van der Waals surface area contributed by atoms with Crippen molar-refractivity contribution in [2.45, 2.75) is 26.3 Å². The molecular formula is C21H23N3O4. The predicted molar refractivity (Wildman–Crippen MR) is 109 cm³/mol. The van der Waals surface area contributed by atoms with Crippen molar-refractivity contribution < 1.29 is 9.21 Å². The fourth-order valence-electron chi connectivity index (χ4n) is 2.97. The van der Waals surface area contributed by atoms with Gasteiger partial charge in [-0.15, -0.1) is 0 Å². The molecule has 0 aliphatic heterocycles. The first-order chi connectivity index (χ1) is 13.3. The summed E-state index contributed by atoms with van der Waals surface area (Å²) in [5.74, 6) is 1.34. The van der Waals surface area contributed by atoms with E-state index in [1.54, 1.807) is 38.4 Å². The zero-order chi connectivity index (χ0) is 20.4. The second-order valence-corrected chi connectivity index (χ2v) is 6.87. The number of amides is 1. The van der Waals surface area contributed by atoms with E-state index in [1.807, 2.05) is 26.0 Å². The van der Waals surface area contributed by atoms with Gasteiger partial charge in [0.2, 0.25) is 0 Å². The largest absolute Gasteiger partial charge is 0.464 e. The van der Waals surface area contributed by atoms with Crippen LogP contribution in [0.15, 0.2) is 50.4 Å². The van der Waals surface area contributed by atoms with Crippen molar-refractivity contribution in [2.24, 2.45) is 0 Å². The molecule has 0 bridgehead atoms. The number of anilines is 3. The molecule has 0 fully saturated rings. The molecule has 7 nitrogen and oxygen atoms in total. The van der Waals surface area contributed by atoms with Crippen LogP contribution in [0, 0.1) is 6.92 Å². The molecule has 1 aromatic heterocycles. The number of carbonyl (C=O) groups excluding carboxylic acids is 1. The third-order valence-corrected chi connectivity index (χ3v) is 4.53. The average Bonchev–Trinajstić information content (AvgIpc) is 3.12. The summed E-state index contributed by atoms with van der Waals surface area (Å²) in [6, 6.07) is 10.3. The summed E-state index contributed by atoms with van der Waals surface area (Å²) >= 11 is 0. The quantitative estimate of drug-likeness (QED) is 0.611. The first-order valence-corrected chi connectivity index (χ1v) is 9.06. The molecule has 2 aromatic carbocycles. The van der Waals surface area contributed by atoms with E-state index in [0.29, 0.717) is 23.4 Å². The fraction of sp³-hybridized carbons (Fsp3) is 0.286. The van der Waals surface area contributed by atoms with E-state index in [0.717, 1.165) is 5.76 Å². The van der Waals surface area contributed by atoms with Crippen LogP contribution in [0.25, 0.3) is 0 Å². The van der Waals surface area contributed by atoms with Crippen LogP contribution in [-0.2, 0) is 0 Å². The van der Waals surface area contributed by atoms with Gasteiger partial charge in [0.05, 0.1) is 6.04 Å². The molecule has 0 aliphatic carbocycles. The number of nitrogens with zero attached hydrogens (tertiary/aromatic N) is 1. The van der Waals surface area contributed by atoms with Gasteiger partial charge in [0.25, 0.3) is 16.8 Å². The lowest BCUT2D eigenvalue weighted by Crippen LogP contribution is -2.37. The number of benzene rings is 1. The highest BCUT2D eigenvalue weighted by Gasteiger charge is 2.25. The molecule has 1 unspecified atom stereocenters. The van der Waals surface area contributed by atoms with E-state index in [9.17, 15) is 14.4 Å². The van der Waals surface area contributed by atoms with Crippen LogP contribution in [-0.4, -0.2) is 24.9 Å². The molecule has 1 heterocycles. The highest BCUT2D eigenvalue weighted by Crippen LogP contribution is 2.28. The van der Waals surface area contributed by atoms with Crippen molar-refractivity contribution in [1.82, 2.24) is 4.90 Å². The summed E-state index contributed by atoms with van der Waals surface area (Å²) in [6.45, 7) is 3.81. The average molecular weight is 381 g/mol. The number of hydrogen-bond acceptors (Lipinski definition) is 6. The molecule has 0 saturated carbocycles. The Morgan fingerprint density at radius 1 is 1.11 bits per heavy atom. The van der Waals surface area contributed by atoms with E-state index < -0.39 is 10.9 Å². The molecule has 0 spiro atoms. The van der Waals surface area contributed by atoms with Crippen LogP contribution in [0.4, 0.5) is 17.1 Å². The van der Waals surface area contributed by atoms with Gasteiger partial charge in [0, 0.05) is 25.3 Å². The SMILES string of the molecule is CCC(Nc1c(Nc2cccc(C(=O)N(C)C)c2)c(=O)c1=O)c1ccc(C)o1. The molecule has 0 aliphatic rings. The van der Waals surface area contributed by atoms with Crippen molar-refractivity contribution in [3.8, 4) is 0 Å². The molecule has 1 atom stereocenters. The second kappa shape index (κ2) is 7.72. The normalized spacial score (nSPS) is 12.0. The molecule has 7 heteroatoms. The highest BCUT2D eigenvalue weighted by atomic mass is 16.3. The first kappa shape index (κ1) is 19.4. The first-order valence-electron chi connectivity index (χ1n) is 9.06. The predicted octanol–water partition coefficient (Wildman–Crippen LogP) is 3.19. The van der Waals surface area contributed by atoms with Gasteiger partial charge < -0.3 is 20.0 Å². The van der Waals surface area contributed by atoms with Crippen molar-refractivity contribution in [1.29, 1.82) is 0 Å². The minimum Gasteiger partial charge on any atom is -0.464 e. The van der Waals surface area contributed by atoms with E-state index in [1.165, 1.54) is 4.90 Å². The van der Waals surface area contributed by atoms with Crippen LogP contribution < -0.4 is 21.5 Å². The summed E-state index contributed by atoms with van der Waals surface area (Å²) in [5, 5.41) is 6.09. The zero-order valence-corrected chi connectivity index (χ0v) is 16.3. The van der Waals surface area contributed by atoms with Gasteiger partial charge in [0.1, 0.15) is 22.9 Å². The zero-order valence-electron chi connectivity index (χ0n) is 16.3. The lowest BCUT2D eigenvalue weighted by Gasteiger charge is -2.20.